The maximum atomic E-state index is 11.7. The standard InChI is InChI=1S/C13H17N3O2/c1-10(16-13-14-7-8-15-13)12(17)18-9-11-5-3-2-4-6-11/h2-6,10H,7-9H2,1H3,(H2,14,15,16). The number of ether oxygens (including phenoxy) is 1. The number of benzene rings is 1. The zero-order valence-electron chi connectivity index (χ0n) is 10.3. The molecule has 0 bridgehead atoms. The van der Waals surface area contributed by atoms with Gasteiger partial charge < -0.3 is 15.4 Å². The minimum Gasteiger partial charge on any atom is -0.459 e. The van der Waals surface area contributed by atoms with Crippen LogP contribution in [0.25, 0.3) is 0 Å². The van der Waals surface area contributed by atoms with Crippen LogP contribution in [0.3, 0.4) is 0 Å². The number of hydrogen-bond donors (Lipinski definition) is 2. The third-order valence-corrected chi connectivity index (χ3v) is 2.60. The van der Waals surface area contributed by atoms with E-state index in [4.69, 9.17) is 4.74 Å². The van der Waals surface area contributed by atoms with Crippen LogP contribution in [0, 0.1) is 0 Å². The van der Waals surface area contributed by atoms with Gasteiger partial charge in [0.15, 0.2) is 5.96 Å². The van der Waals surface area contributed by atoms with Crippen LogP contribution in [-0.4, -0.2) is 31.1 Å². The molecule has 1 aliphatic rings. The number of nitrogens with one attached hydrogen (secondary N) is 2. The molecule has 5 heteroatoms. The second-order valence-corrected chi connectivity index (χ2v) is 4.12. The number of carbonyl (C=O) groups is 1. The van der Waals surface area contributed by atoms with E-state index in [2.05, 4.69) is 15.6 Å². The number of esters is 1. The Labute approximate surface area is 106 Å². The maximum Gasteiger partial charge on any atom is 0.328 e. The molecule has 1 aliphatic heterocycles. The van der Waals surface area contributed by atoms with Crippen molar-refractivity contribution < 1.29 is 9.53 Å². The third-order valence-electron chi connectivity index (χ3n) is 2.60. The van der Waals surface area contributed by atoms with Gasteiger partial charge in [-0.2, -0.15) is 0 Å². The van der Waals surface area contributed by atoms with E-state index in [1.165, 1.54) is 0 Å². The summed E-state index contributed by atoms with van der Waals surface area (Å²) in [6, 6.07) is 9.21. The van der Waals surface area contributed by atoms with E-state index in [0.29, 0.717) is 12.6 Å². The average molecular weight is 247 g/mol. The van der Waals surface area contributed by atoms with Crippen LogP contribution in [-0.2, 0) is 16.1 Å². The Morgan fingerprint density at radius 2 is 2.28 bits per heavy atom. The molecule has 0 saturated carbocycles. The molecule has 0 saturated heterocycles. The molecule has 2 N–H and O–H groups in total. The van der Waals surface area contributed by atoms with Crippen LogP contribution in [0.5, 0.6) is 0 Å². The molecule has 5 nitrogen and oxygen atoms in total. The monoisotopic (exact) mass is 247 g/mol. The molecule has 0 spiro atoms. The lowest BCUT2D eigenvalue weighted by atomic mass is 10.2. The van der Waals surface area contributed by atoms with Crippen LogP contribution in [0.15, 0.2) is 35.3 Å². The fourth-order valence-corrected chi connectivity index (χ4v) is 1.61. The first-order valence-corrected chi connectivity index (χ1v) is 6.01. The van der Waals surface area contributed by atoms with Crippen molar-refractivity contribution in [2.24, 2.45) is 4.99 Å². The van der Waals surface area contributed by atoms with E-state index in [1.54, 1.807) is 6.92 Å². The molecule has 0 radical (unpaired) electrons. The second kappa shape index (κ2) is 6.05. The highest BCUT2D eigenvalue weighted by Crippen LogP contribution is 2.01. The van der Waals surface area contributed by atoms with Gasteiger partial charge in [0.2, 0.25) is 0 Å². The van der Waals surface area contributed by atoms with E-state index < -0.39 is 6.04 Å². The molecule has 0 amide bonds. The molecule has 18 heavy (non-hydrogen) atoms. The Kier molecular flexibility index (Phi) is 4.17. The Hall–Kier alpha value is -2.04. The zero-order chi connectivity index (χ0) is 12.8. The Bertz CT molecular complexity index is 431. The topological polar surface area (TPSA) is 62.7 Å². The van der Waals surface area contributed by atoms with Crippen LogP contribution in [0.1, 0.15) is 12.5 Å². The Morgan fingerprint density at radius 1 is 1.50 bits per heavy atom. The predicted octanol–water partition coefficient (Wildman–Crippen LogP) is 0.667. The predicted molar refractivity (Wildman–Crippen MR) is 69.1 cm³/mol. The van der Waals surface area contributed by atoms with Crippen molar-refractivity contribution in [1.82, 2.24) is 10.6 Å². The molecule has 0 aromatic heterocycles. The van der Waals surface area contributed by atoms with Crippen molar-refractivity contribution in [3.05, 3.63) is 35.9 Å². The summed E-state index contributed by atoms with van der Waals surface area (Å²) in [5, 5.41) is 6.03. The highest BCUT2D eigenvalue weighted by Gasteiger charge is 2.17. The largest absolute Gasteiger partial charge is 0.459 e. The first-order valence-electron chi connectivity index (χ1n) is 6.01. The van der Waals surface area contributed by atoms with E-state index in [9.17, 15) is 4.79 Å². The fourth-order valence-electron chi connectivity index (χ4n) is 1.61. The Balaban J connectivity index is 1.77. The minimum absolute atomic E-state index is 0.282. The van der Waals surface area contributed by atoms with Crippen molar-refractivity contribution >= 4 is 11.9 Å². The highest BCUT2D eigenvalue weighted by atomic mass is 16.5. The average Bonchev–Trinajstić information content (AvgIpc) is 2.90. The van der Waals surface area contributed by atoms with Gasteiger partial charge in [0.25, 0.3) is 0 Å². The highest BCUT2D eigenvalue weighted by molar-refractivity contribution is 5.87. The van der Waals surface area contributed by atoms with E-state index in [1.807, 2.05) is 30.3 Å². The van der Waals surface area contributed by atoms with Gasteiger partial charge in [-0.15, -0.1) is 0 Å². The fraction of sp³-hybridized carbons (Fsp3) is 0.385. The van der Waals surface area contributed by atoms with Crippen molar-refractivity contribution in [2.75, 3.05) is 13.1 Å². The SMILES string of the molecule is CC(NC1=NCCN1)C(=O)OCc1ccccc1. The number of nitrogens with zero attached hydrogens (tertiary/aromatic N) is 1. The normalized spacial score (nSPS) is 15.5. The van der Waals surface area contributed by atoms with Crippen LogP contribution >= 0.6 is 0 Å². The number of rotatable bonds is 4. The lowest BCUT2D eigenvalue weighted by Gasteiger charge is -2.14. The van der Waals surface area contributed by atoms with Crippen LogP contribution < -0.4 is 10.6 Å². The summed E-state index contributed by atoms with van der Waals surface area (Å²) >= 11 is 0. The van der Waals surface area contributed by atoms with Gasteiger partial charge >= 0.3 is 5.97 Å². The summed E-state index contributed by atoms with van der Waals surface area (Å²) < 4.78 is 5.22. The summed E-state index contributed by atoms with van der Waals surface area (Å²) in [5.41, 5.74) is 0.981. The smallest absolute Gasteiger partial charge is 0.328 e. The van der Waals surface area contributed by atoms with Gasteiger partial charge in [-0.3, -0.25) is 4.99 Å². The molecule has 1 atom stereocenters. The summed E-state index contributed by atoms with van der Waals surface area (Å²) in [6.45, 7) is 3.61. The van der Waals surface area contributed by atoms with Crippen molar-refractivity contribution in [1.29, 1.82) is 0 Å². The van der Waals surface area contributed by atoms with Gasteiger partial charge in [-0.1, -0.05) is 30.3 Å². The van der Waals surface area contributed by atoms with Crippen molar-refractivity contribution in [3.8, 4) is 0 Å². The number of hydrogen-bond acceptors (Lipinski definition) is 5. The van der Waals surface area contributed by atoms with Crippen molar-refractivity contribution in [3.63, 3.8) is 0 Å². The lowest BCUT2D eigenvalue weighted by molar-refractivity contribution is -0.146. The summed E-state index contributed by atoms with van der Waals surface area (Å²) in [7, 11) is 0. The van der Waals surface area contributed by atoms with E-state index in [-0.39, 0.29) is 5.97 Å². The van der Waals surface area contributed by atoms with E-state index in [0.717, 1.165) is 18.7 Å². The summed E-state index contributed by atoms with van der Waals surface area (Å²) in [5.74, 6) is 0.384. The third kappa shape index (κ3) is 3.48. The van der Waals surface area contributed by atoms with Crippen LogP contribution in [0.2, 0.25) is 0 Å². The second-order valence-electron chi connectivity index (χ2n) is 4.12. The molecule has 2 rings (SSSR count). The van der Waals surface area contributed by atoms with Gasteiger partial charge in [-0.05, 0) is 12.5 Å². The molecular weight excluding hydrogens is 230 g/mol. The molecular formula is C13H17N3O2. The van der Waals surface area contributed by atoms with Gasteiger partial charge in [0, 0.05) is 6.54 Å². The van der Waals surface area contributed by atoms with Gasteiger partial charge in [-0.25, -0.2) is 4.79 Å². The van der Waals surface area contributed by atoms with E-state index >= 15 is 0 Å². The molecule has 96 valence electrons. The molecule has 0 fully saturated rings. The number of aliphatic imine (C=N–C) groups is 1. The molecule has 1 aromatic rings. The molecule has 1 heterocycles. The number of carbonyl (C=O) groups excluding carboxylic acids is 1. The summed E-state index contributed by atoms with van der Waals surface area (Å²) in [6.07, 6.45) is 0. The maximum absolute atomic E-state index is 11.7. The zero-order valence-corrected chi connectivity index (χ0v) is 10.3. The van der Waals surface area contributed by atoms with Crippen LogP contribution in [0.4, 0.5) is 0 Å². The Morgan fingerprint density at radius 3 is 2.94 bits per heavy atom. The van der Waals surface area contributed by atoms with Gasteiger partial charge in [0.05, 0.1) is 6.54 Å². The molecule has 0 aliphatic carbocycles. The quantitative estimate of drug-likeness (QED) is 0.768. The first-order chi connectivity index (χ1) is 8.75. The molecule has 1 unspecified atom stereocenters. The minimum atomic E-state index is -0.405. The van der Waals surface area contributed by atoms with Crippen molar-refractivity contribution in [2.45, 2.75) is 19.6 Å². The summed E-state index contributed by atoms with van der Waals surface area (Å²) in [4.78, 5) is 15.9. The van der Waals surface area contributed by atoms with Gasteiger partial charge in [0.1, 0.15) is 12.6 Å². The molecule has 1 aromatic carbocycles. The lowest BCUT2D eigenvalue weighted by Crippen LogP contribution is -2.44. The number of guanidine groups is 1. The first kappa shape index (κ1) is 12.4.